The lowest BCUT2D eigenvalue weighted by molar-refractivity contribution is -0.132. The number of hydrogen-bond donors (Lipinski definition) is 1. The predicted molar refractivity (Wildman–Crippen MR) is 103 cm³/mol. The zero-order chi connectivity index (χ0) is 19.2. The summed E-state index contributed by atoms with van der Waals surface area (Å²) in [5.41, 5.74) is 1.83. The Labute approximate surface area is 159 Å². The van der Waals surface area contributed by atoms with Crippen LogP contribution in [0.3, 0.4) is 0 Å². The van der Waals surface area contributed by atoms with Crippen LogP contribution in [-0.4, -0.2) is 39.1 Å². The summed E-state index contributed by atoms with van der Waals surface area (Å²) in [7, 11) is 3.13. The number of hydrogen-bond acceptors (Lipinski definition) is 4. The van der Waals surface area contributed by atoms with Crippen molar-refractivity contribution in [2.24, 2.45) is 5.92 Å². The van der Waals surface area contributed by atoms with Gasteiger partial charge in [-0.3, -0.25) is 9.59 Å². The second kappa shape index (κ2) is 8.58. The van der Waals surface area contributed by atoms with E-state index in [1.165, 1.54) is 0 Å². The molecule has 27 heavy (non-hydrogen) atoms. The first-order valence-corrected chi connectivity index (χ1v) is 8.98. The molecular formula is C21H24N2O4. The molecule has 0 saturated carbocycles. The molecule has 1 aliphatic heterocycles. The highest BCUT2D eigenvalue weighted by Crippen LogP contribution is 2.32. The van der Waals surface area contributed by atoms with Crippen molar-refractivity contribution in [3.8, 4) is 11.5 Å². The second-order valence-electron chi connectivity index (χ2n) is 6.43. The zero-order valence-corrected chi connectivity index (χ0v) is 15.6. The monoisotopic (exact) mass is 368 g/mol. The number of carbonyl (C=O) groups excluding carboxylic acids is 2. The minimum absolute atomic E-state index is 0.192. The minimum atomic E-state index is -0.655. The SMILES string of the molecule is COc1cc(OC)cc(N2CC[C@@H](C(=O)NCCc3ccccc3)C2=O)c1. The van der Waals surface area contributed by atoms with E-state index in [0.29, 0.717) is 36.7 Å². The van der Waals surface area contributed by atoms with Gasteiger partial charge >= 0.3 is 0 Å². The molecule has 2 aromatic rings. The first-order chi connectivity index (χ1) is 13.1. The summed E-state index contributed by atoms with van der Waals surface area (Å²) in [6.45, 7) is 1.01. The van der Waals surface area contributed by atoms with Crippen molar-refractivity contribution in [1.82, 2.24) is 5.32 Å². The normalized spacial score (nSPS) is 16.3. The van der Waals surface area contributed by atoms with Gasteiger partial charge in [-0.1, -0.05) is 30.3 Å². The number of methoxy groups -OCH3 is 2. The number of nitrogens with one attached hydrogen (secondary N) is 1. The van der Waals surface area contributed by atoms with Gasteiger partial charge in [-0.05, 0) is 18.4 Å². The standard InChI is InChI=1S/C21H24N2O4/c1-26-17-12-16(13-18(14-17)27-2)23-11-9-19(21(23)25)20(24)22-10-8-15-6-4-3-5-7-15/h3-7,12-14,19H,8-11H2,1-2H3,(H,22,24)/t19-/m0/s1. The number of benzene rings is 2. The lowest BCUT2D eigenvalue weighted by Crippen LogP contribution is -2.37. The van der Waals surface area contributed by atoms with Crippen LogP contribution >= 0.6 is 0 Å². The minimum Gasteiger partial charge on any atom is -0.497 e. The average molecular weight is 368 g/mol. The summed E-state index contributed by atoms with van der Waals surface area (Å²) in [6.07, 6.45) is 1.24. The maximum Gasteiger partial charge on any atom is 0.239 e. The molecule has 142 valence electrons. The van der Waals surface area contributed by atoms with Gasteiger partial charge in [-0.25, -0.2) is 0 Å². The highest BCUT2D eigenvalue weighted by Gasteiger charge is 2.37. The smallest absolute Gasteiger partial charge is 0.239 e. The molecule has 0 unspecified atom stereocenters. The average Bonchev–Trinajstić information content (AvgIpc) is 3.09. The van der Waals surface area contributed by atoms with E-state index < -0.39 is 5.92 Å². The second-order valence-corrected chi connectivity index (χ2v) is 6.43. The van der Waals surface area contributed by atoms with Gasteiger partial charge in [0, 0.05) is 31.3 Å². The van der Waals surface area contributed by atoms with Gasteiger partial charge in [-0.15, -0.1) is 0 Å². The Morgan fingerprint density at radius 1 is 1.11 bits per heavy atom. The van der Waals surface area contributed by atoms with Crippen molar-refractivity contribution in [1.29, 1.82) is 0 Å². The quantitative estimate of drug-likeness (QED) is 0.762. The molecule has 6 nitrogen and oxygen atoms in total. The summed E-state index contributed by atoms with van der Waals surface area (Å²) < 4.78 is 10.5. The highest BCUT2D eigenvalue weighted by atomic mass is 16.5. The largest absolute Gasteiger partial charge is 0.497 e. The van der Waals surface area contributed by atoms with Gasteiger partial charge in [0.1, 0.15) is 17.4 Å². The van der Waals surface area contributed by atoms with E-state index in [4.69, 9.17) is 9.47 Å². The van der Waals surface area contributed by atoms with Crippen molar-refractivity contribution >= 4 is 17.5 Å². The zero-order valence-electron chi connectivity index (χ0n) is 15.6. The molecule has 1 atom stereocenters. The van der Waals surface area contributed by atoms with Gasteiger partial charge in [0.2, 0.25) is 11.8 Å². The molecule has 0 radical (unpaired) electrons. The first-order valence-electron chi connectivity index (χ1n) is 8.98. The number of carbonyl (C=O) groups is 2. The Morgan fingerprint density at radius 2 is 1.78 bits per heavy atom. The Bertz CT molecular complexity index is 785. The molecule has 0 aliphatic carbocycles. The van der Waals surface area contributed by atoms with E-state index in [2.05, 4.69) is 5.32 Å². The van der Waals surface area contributed by atoms with Crippen molar-refractivity contribution in [3.05, 3.63) is 54.1 Å². The number of nitrogens with zero attached hydrogens (tertiary/aromatic N) is 1. The Hall–Kier alpha value is -3.02. The van der Waals surface area contributed by atoms with Crippen LogP contribution in [0.5, 0.6) is 11.5 Å². The van der Waals surface area contributed by atoms with E-state index in [-0.39, 0.29) is 11.8 Å². The van der Waals surface area contributed by atoms with Crippen molar-refractivity contribution in [2.45, 2.75) is 12.8 Å². The van der Waals surface area contributed by atoms with E-state index in [1.54, 1.807) is 37.3 Å². The lowest BCUT2D eigenvalue weighted by atomic mass is 10.1. The number of amides is 2. The number of anilines is 1. The molecule has 0 spiro atoms. The topological polar surface area (TPSA) is 67.9 Å². The summed E-state index contributed by atoms with van der Waals surface area (Å²) in [4.78, 5) is 26.8. The van der Waals surface area contributed by atoms with Crippen molar-refractivity contribution < 1.29 is 19.1 Å². The predicted octanol–water partition coefficient (Wildman–Crippen LogP) is 2.42. The van der Waals surface area contributed by atoms with E-state index >= 15 is 0 Å². The molecule has 6 heteroatoms. The summed E-state index contributed by atoms with van der Waals surface area (Å²) in [6, 6.07) is 15.2. The van der Waals surface area contributed by atoms with Crippen molar-refractivity contribution in [3.63, 3.8) is 0 Å². The maximum absolute atomic E-state index is 12.8. The summed E-state index contributed by atoms with van der Waals surface area (Å²) >= 11 is 0. The van der Waals surface area contributed by atoms with E-state index in [9.17, 15) is 9.59 Å². The molecule has 1 heterocycles. The van der Waals surface area contributed by atoms with Crippen LogP contribution < -0.4 is 19.7 Å². The van der Waals surface area contributed by atoms with E-state index in [0.717, 1.165) is 12.0 Å². The summed E-state index contributed by atoms with van der Waals surface area (Å²) in [5.74, 6) is 0.148. The van der Waals surface area contributed by atoms with E-state index in [1.807, 2.05) is 30.3 Å². The Kier molecular flexibility index (Phi) is 5.96. The Balaban J connectivity index is 1.61. The summed E-state index contributed by atoms with van der Waals surface area (Å²) in [5, 5.41) is 2.88. The molecule has 0 aromatic heterocycles. The molecule has 2 aromatic carbocycles. The molecule has 1 saturated heterocycles. The molecule has 1 fully saturated rings. The van der Waals surface area contributed by atoms with Gasteiger partial charge in [0.15, 0.2) is 0 Å². The van der Waals surface area contributed by atoms with Crippen molar-refractivity contribution in [2.75, 3.05) is 32.2 Å². The van der Waals surface area contributed by atoms with Crippen LogP contribution in [0, 0.1) is 5.92 Å². The molecule has 0 bridgehead atoms. The van der Waals surface area contributed by atoms with Gasteiger partial charge in [-0.2, -0.15) is 0 Å². The van der Waals surface area contributed by atoms with Gasteiger partial charge in [0.05, 0.1) is 19.9 Å². The number of rotatable bonds is 7. The van der Waals surface area contributed by atoms with Crippen LogP contribution in [0.2, 0.25) is 0 Å². The third-order valence-electron chi connectivity index (χ3n) is 4.73. The fourth-order valence-electron chi connectivity index (χ4n) is 3.23. The highest BCUT2D eigenvalue weighted by molar-refractivity contribution is 6.09. The van der Waals surface area contributed by atoms with Gasteiger partial charge in [0.25, 0.3) is 0 Å². The van der Waals surface area contributed by atoms with Crippen LogP contribution in [-0.2, 0) is 16.0 Å². The molecule has 1 N–H and O–H groups in total. The third kappa shape index (κ3) is 4.39. The third-order valence-corrected chi connectivity index (χ3v) is 4.73. The first kappa shape index (κ1) is 18.8. The van der Waals surface area contributed by atoms with Crippen LogP contribution in [0.4, 0.5) is 5.69 Å². The number of ether oxygens (including phenoxy) is 2. The van der Waals surface area contributed by atoms with Crippen LogP contribution in [0.1, 0.15) is 12.0 Å². The Morgan fingerprint density at radius 3 is 2.41 bits per heavy atom. The molecule has 1 aliphatic rings. The lowest BCUT2D eigenvalue weighted by Gasteiger charge is -2.18. The van der Waals surface area contributed by atoms with Crippen LogP contribution in [0.25, 0.3) is 0 Å². The fraction of sp³-hybridized carbons (Fsp3) is 0.333. The van der Waals surface area contributed by atoms with Gasteiger partial charge < -0.3 is 19.7 Å². The van der Waals surface area contributed by atoms with Crippen LogP contribution in [0.15, 0.2) is 48.5 Å². The fourth-order valence-corrected chi connectivity index (χ4v) is 3.23. The maximum atomic E-state index is 12.8. The molecule has 2 amide bonds. The molecular weight excluding hydrogens is 344 g/mol. The molecule has 3 rings (SSSR count).